The maximum atomic E-state index is 11.6. The van der Waals surface area contributed by atoms with E-state index in [1.54, 1.807) is 0 Å². The van der Waals surface area contributed by atoms with Gasteiger partial charge in [-0.2, -0.15) is 0 Å². The molecule has 2 atom stereocenters. The number of carboxylic acids is 1. The maximum Gasteiger partial charge on any atom is 0.321 e. The summed E-state index contributed by atoms with van der Waals surface area (Å²) in [5, 5.41) is 13.7. The molecule has 3 amide bonds. The van der Waals surface area contributed by atoms with E-state index >= 15 is 0 Å². The topological polar surface area (TPSA) is 95.5 Å². The lowest BCUT2D eigenvalue weighted by Gasteiger charge is -2.20. The Bertz CT molecular complexity index is 366. The van der Waals surface area contributed by atoms with E-state index in [2.05, 4.69) is 24.5 Å². The van der Waals surface area contributed by atoms with Crippen molar-refractivity contribution in [2.45, 2.75) is 59.9 Å². The molecule has 0 heterocycles. The average Bonchev–Trinajstić information content (AvgIpc) is 2.26. The van der Waals surface area contributed by atoms with Gasteiger partial charge in [0, 0.05) is 12.5 Å². The number of aliphatic carboxylic acids is 1. The molecule has 3 N–H and O–H groups in total. The van der Waals surface area contributed by atoms with Crippen LogP contribution in [0.2, 0.25) is 0 Å². The second kappa shape index (κ2) is 7.87. The van der Waals surface area contributed by atoms with Gasteiger partial charge in [-0.05, 0) is 33.1 Å². The van der Waals surface area contributed by atoms with Gasteiger partial charge < -0.3 is 10.4 Å². The molecule has 116 valence electrons. The normalized spacial score (nSPS) is 14.2. The van der Waals surface area contributed by atoms with Gasteiger partial charge in [0.2, 0.25) is 5.91 Å². The first kappa shape index (κ1) is 18.4. The summed E-state index contributed by atoms with van der Waals surface area (Å²) in [5.74, 6) is -1.17. The molecule has 0 fully saturated rings. The van der Waals surface area contributed by atoms with Crippen LogP contribution in [0.3, 0.4) is 0 Å². The van der Waals surface area contributed by atoms with E-state index < -0.39 is 23.3 Å². The number of carbonyl (C=O) groups excluding carboxylic acids is 2. The van der Waals surface area contributed by atoms with Crippen LogP contribution in [-0.4, -0.2) is 29.1 Å². The molecule has 0 saturated carbocycles. The number of carboxylic acid groups (broad SMARTS) is 1. The number of hydrogen-bond donors (Lipinski definition) is 3. The average molecular weight is 286 g/mol. The molecule has 0 aromatic carbocycles. The standard InChI is InChI=1S/C14H26N2O4/c1-6-9(2)7-10(3)15-13(20)16-11(17)8-14(4,5)12(18)19/h9-10H,6-8H2,1-5H3,(H,18,19)(H2,15,16,17,20). The smallest absolute Gasteiger partial charge is 0.321 e. The van der Waals surface area contributed by atoms with Crippen molar-refractivity contribution in [1.29, 1.82) is 0 Å². The Kier molecular flexibility index (Phi) is 7.24. The monoisotopic (exact) mass is 286 g/mol. The van der Waals surface area contributed by atoms with Gasteiger partial charge in [-0.3, -0.25) is 14.9 Å². The summed E-state index contributed by atoms with van der Waals surface area (Å²) in [6.07, 6.45) is 1.62. The summed E-state index contributed by atoms with van der Waals surface area (Å²) in [6.45, 7) is 8.93. The zero-order chi connectivity index (χ0) is 15.9. The molecule has 6 nitrogen and oxygen atoms in total. The molecule has 0 aromatic rings. The molecule has 0 saturated heterocycles. The van der Waals surface area contributed by atoms with Crippen molar-refractivity contribution in [3.8, 4) is 0 Å². The Hall–Kier alpha value is -1.59. The van der Waals surface area contributed by atoms with Crippen LogP contribution in [0.15, 0.2) is 0 Å². The molecule has 6 heteroatoms. The Labute approximate surface area is 120 Å². The predicted octanol–water partition coefficient (Wildman–Crippen LogP) is 2.14. The minimum absolute atomic E-state index is 0.0368. The van der Waals surface area contributed by atoms with E-state index in [1.807, 2.05) is 6.92 Å². The molecule has 20 heavy (non-hydrogen) atoms. The van der Waals surface area contributed by atoms with E-state index in [9.17, 15) is 14.4 Å². The lowest BCUT2D eigenvalue weighted by molar-refractivity contribution is -0.149. The van der Waals surface area contributed by atoms with Crippen LogP contribution in [0.4, 0.5) is 4.79 Å². The van der Waals surface area contributed by atoms with Crippen molar-refractivity contribution in [2.24, 2.45) is 11.3 Å². The minimum Gasteiger partial charge on any atom is -0.481 e. The van der Waals surface area contributed by atoms with Crippen LogP contribution in [0.25, 0.3) is 0 Å². The van der Waals surface area contributed by atoms with E-state index in [0.717, 1.165) is 12.8 Å². The summed E-state index contributed by atoms with van der Waals surface area (Å²) < 4.78 is 0. The number of urea groups is 1. The fraction of sp³-hybridized carbons (Fsp3) is 0.786. The molecule has 0 bridgehead atoms. The van der Waals surface area contributed by atoms with E-state index in [1.165, 1.54) is 13.8 Å². The third-order valence-electron chi connectivity index (χ3n) is 3.26. The summed E-state index contributed by atoms with van der Waals surface area (Å²) in [5.41, 5.74) is -1.19. The first-order chi connectivity index (χ1) is 9.08. The minimum atomic E-state index is -1.19. The van der Waals surface area contributed by atoms with Gasteiger partial charge in [0.1, 0.15) is 0 Å². The molecule has 0 radical (unpaired) electrons. The van der Waals surface area contributed by atoms with Crippen molar-refractivity contribution < 1.29 is 19.5 Å². The van der Waals surface area contributed by atoms with Gasteiger partial charge in [-0.15, -0.1) is 0 Å². The zero-order valence-corrected chi connectivity index (χ0v) is 12.9. The van der Waals surface area contributed by atoms with Crippen LogP contribution in [0, 0.1) is 11.3 Å². The maximum absolute atomic E-state index is 11.6. The number of rotatable bonds is 7. The highest BCUT2D eigenvalue weighted by molar-refractivity contribution is 5.96. The highest BCUT2D eigenvalue weighted by Crippen LogP contribution is 2.19. The third kappa shape index (κ3) is 7.11. The van der Waals surface area contributed by atoms with Crippen LogP contribution in [-0.2, 0) is 9.59 Å². The fourth-order valence-corrected chi connectivity index (χ4v) is 1.74. The SMILES string of the molecule is CCC(C)CC(C)NC(=O)NC(=O)CC(C)(C)C(=O)O. The quantitative estimate of drug-likeness (QED) is 0.668. The summed E-state index contributed by atoms with van der Waals surface area (Å²) in [7, 11) is 0. The van der Waals surface area contributed by atoms with Crippen molar-refractivity contribution in [1.82, 2.24) is 10.6 Å². The molecule has 0 aliphatic rings. The number of imide groups is 1. The van der Waals surface area contributed by atoms with Crippen LogP contribution in [0.1, 0.15) is 53.9 Å². The van der Waals surface area contributed by atoms with E-state index in [-0.39, 0.29) is 12.5 Å². The molecule has 0 spiro atoms. The molecule has 0 aliphatic heterocycles. The Morgan fingerprint density at radius 2 is 1.75 bits per heavy atom. The van der Waals surface area contributed by atoms with Crippen molar-refractivity contribution in [2.75, 3.05) is 0 Å². The molecule has 0 aromatic heterocycles. The van der Waals surface area contributed by atoms with Crippen LogP contribution >= 0.6 is 0 Å². The van der Waals surface area contributed by atoms with Gasteiger partial charge in [-0.1, -0.05) is 20.3 Å². The third-order valence-corrected chi connectivity index (χ3v) is 3.26. The fourth-order valence-electron chi connectivity index (χ4n) is 1.74. The van der Waals surface area contributed by atoms with Crippen molar-refractivity contribution in [3.63, 3.8) is 0 Å². The second-order valence-electron chi connectivity index (χ2n) is 6.04. The summed E-state index contributed by atoms with van der Waals surface area (Å²) >= 11 is 0. The van der Waals surface area contributed by atoms with E-state index in [0.29, 0.717) is 5.92 Å². The first-order valence-electron chi connectivity index (χ1n) is 6.92. The van der Waals surface area contributed by atoms with Gasteiger partial charge in [0.15, 0.2) is 0 Å². The van der Waals surface area contributed by atoms with Gasteiger partial charge in [-0.25, -0.2) is 4.79 Å². The van der Waals surface area contributed by atoms with Gasteiger partial charge >= 0.3 is 12.0 Å². The summed E-state index contributed by atoms with van der Waals surface area (Å²) in [4.78, 5) is 34.1. The van der Waals surface area contributed by atoms with Crippen molar-refractivity contribution in [3.05, 3.63) is 0 Å². The highest BCUT2D eigenvalue weighted by atomic mass is 16.4. The lowest BCUT2D eigenvalue weighted by atomic mass is 9.89. The second-order valence-corrected chi connectivity index (χ2v) is 6.04. The Morgan fingerprint density at radius 3 is 2.20 bits per heavy atom. The predicted molar refractivity (Wildman–Crippen MR) is 76.2 cm³/mol. The summed E-state index contributed by atoms with van der Waals surface area (Å²) in [6, 6.07) is -0.614. The molecule has 0 aliphatic carbocycles. The Balaban J connectivity index is 4.21. The highest BCUT2D eigenvalue weighted by Gasteiger charge is 2.30. The molecule has 0 rings (SSSR count). The first-order valence-corrected chi connectivity index (χ1v) is 6.92. The number of nitrogens with one attached hydrogen (secondary N) is 2. The van der Waals surface area contributed by atoms with Gasteiger partial charge in [0.05, 0.1) is 5.41 Å². The lowest BCUT2D eigenvalue weighted by Crippen LogP contribution is -2.45. The molecular formula is C14H26N2O4. The van der Waals surface area contributed by atoms with E-state index in [4.69, 9.17) is 5.11 Å². The number of amides is 3. The van der Waals surface area contributed by atoms with Crippen molar-refractivity contribution >= 4 is 17.9 Å². The zero-order valence-electron chi connectivity index (χ0n) is 12.9. The van der Waals surface area contributed by atoms with Crippen LogP contribution < -0.4 is 10.6 Å². The molecular weight excluding hydrogens is 260 g/mol. The van der Waals surface area contributed by atoms with Crippen LogP contribution in [0.5, 0.6) is 0 Å². The number of carbonyl (C=O) groups is 3. The molecule has 2 unspecified atom stereocenters. The Morgan fingerprint density at radius 1 is 1.20 bits per heavy atom. The van der Waals surface area contributed by atoms with Gasteiger partial charge in [0.25, 0.3) is 0 Å². The number of hydrogen-bond acceptors (Lipinski definition) is 3. The largest absolute Gasteiger partial charge is 0.481 e.